The van der Waals surface area contributed by atoms with Gasteiger partial charge in [-0.3, -0.25) is 0 Å². The molecule has 0 saturated carbocycles. The van der Waals surface area contributed by atoms with Gasteiger partial charge in [0.15, 0.2) is 0 Å². The molecule has 0 spiro atoms. The lowest BCUT2D eigenvalue weighted by molar-refractivity contribution is 0.0548. The van der Waals surface area contributed by atoms with Crippen LogP contribution in [0.5, 0.6) is 0 Å². The summed E-state index contributed by atoms with van der Waals surface area (Å²) in [7, 11) is 0. The average Bonchev–Trinajstić information content (AvgIpc) is 3.04. The van der Waals surface area contributed by atoms with E-state index in [4.69, 9.17) is 4.84 Å². The Kier molecular flexibility index (Phi) is 5.55. The average molecular weight is 324 g/mol. The number of hydrogen-bond donors (Lipinski definition) is 2. The number of hydrogen-bond acceptors (Lipinski definition) is 4. The zero-order chi connectivity index (χ0) is 16.6. The first-order chi connectivity index (χ1) is 11.8. The Labute approximate surface area is 141 Å². The number of amides is 2. The molecule has 0 unspecified atom stereocenters. The number of carbonyl (C=O) groups excluding carboxylic acids is 1. The highest BCUT2D eigenvalue weighted by molar-refractivity contribution is 5.98. The fraction of sp³-hybridized carbons (Fsp3) is 0.222. The van der Waals surface area contributed by atoms with Crippen LogP contribution in [0.2, 0.25) is 0 Å². The molecule has 1 aliphatic rings. The fourth-order valence-electron chi connectivity index (χ4n) is 2.43. The Morgan fingerprint density at radius 3 is 2.58 bits per heavy atom. The zero-order valence-electron chi connectivity index (χ0n) is 13.3. The summed E-state index contributed by atoms with van der Waals surface area (Å²) in [6.45, 7) is 1.28. The molecule has 0 aromatic heterocycles. The van der Waals surface area contributed by atoms with Crippen LogP contribution in [0.4, 0.5) is 10.5 Å². The summed E-state index contributed by atoms with van der Waals surface area (Å²) in [5.41, 5.74) is 4.80. The molecule has 0 aliphatic carbocycles. The largest absolute Gasteiger partial charge is 0.376 e. The lowest BCUT2D eigenvalue weighted by Gasteiger charge is -2.10. The van der Waals surface area contributed by atoms with E-state index in [1.165, 1.54) is 5.56 Å². The van der Waals surface area contributed by atoms with Gasteiger partial charge in [-0.15, -0.1) is 0 Å². The molecule has 2 amide bonds. The Morgan fingerprint density at radius 1 is 1.12 bits per heavy atom. The van der Waals surface area contributed by atoms with Crippen LogP contribution < -0.4 is 10.9 Å². The van der Waals surface area contributed by atoms with E-state index >= 15 is 0 Å². The minimum absolute atomic E-state index is 0.364. The van der Waals surface area contributed by atoms with Crippen molar-refractivity contribution in [1.29, 1.82) is 0 Å². The molecular weight excluding hydrogens is 304 g/mol. The van der Waals surface area contributed by atoms with Crippen molar-refractivity contribution >= 4 is 17.6 Å². The number of nitrogens with zero attached hydrogens (tertiary/aromatic N) is 2. The summed E-state index contributed by atoms with van der Waals surface area (Å²) in [5.74, 6) is 0.364. The van der Waals surface area contributed by atoms with E-state index in [2.05, 4.69) is 28.0 Å². The molecule has 1 saturated heterocycles. The maximum absolute atomic E-state index is 11.8. The number of rotatable bonds is 5. The molecule has 1 aliphatic heterocycles. The van der Waals surface area contributed by atoms with Crippen molar-refractivity contribution in [2.75, 3.05) is 18.4 Å². The Hall–Kier alpha value is -2.70. The Balaban J connectivity index is 1.42. The van der Waals surface area contributed by atoms with Crippen molar-refractivity contribution in [2.45, 2.75) is 12.8 Å². The second-order valence-electron chi connectivity index (χ2n) is 5.51. The molecule has 2 aromatic carbocycles. The topological polar surface area (TPSA) is 66.0 Å². The predicted octanol–water partition coefficient (Wildman–Crippen LogP) is 3.00. The summed E-state index contributed by atoms with van der Waals surface area (Å²) in [6, 6.07) is 19.1. The van der Waals surface area contributed by atoms with Crippen LogP contribution in [-0.2, 0) is 11.3 Å². The molecule has 1 heterocycles. The number of aryl methyl sites for hydroxylation is 1. The highest BCUT2D eigenvalue weighted by atomic mass is 16.7. The third kappa shape index (κ3) is 4.91. The number of benzene rings is 2. The quantitative estimate of drug-likeness (QED) is 0.887. The van der Waals surface area contributed by atoms with Gasteiger partial charge in [0.2, 0.25) is 5.90 Å². The fourth-order valence-corrected chi connectivity index (χ4v) is 2.43. The van der Waals surface area contributed by atoms with Gasteiger partial charge in [0.1, 0.15) is 0 Å². The maximum atomic E-state index is 11.8. The van der Waals surface area contributed by atoms with E-state index in [-0.39, 0.29) is 0 Å². The van der Waals surface area contributed by atoms with Crippen molar-refractivity contribution in [3.05, 3.63) is 66.2 Å². The van der Waals surface area contributed by atoms with Gasteiger partial charge in [0, 0.05) is 12.2 Å². The van der Waals surface area contributed by atoms with Crippen LogP contribution in [0.3, 0.4) is 0 Å². The monoisotopic (exact) mass is 324 g/mol. The molecule has 6 heteroatoms. The number of urea groups is 1. The summed E-state index contributed by atoms with van der Waals surface area (Å²) >= 11 is 0. The lowest BCUT2D eigenvalue weighted by Crippen LogP contribution is -2.31. The van der Waals surface area contributed by atoms with Crippen LogP contribution in [0.1, 0.15) is 12.0 Å². The third-order valence-corrected chi connectivity index (χ3v) is 3.61. The van der Waals surface area contributed by atoms with Gasteiger partial charge < -0.3 is 10.2 Å². The van der Waals surface area contributed by atoms with Crippen LogP contribution >= 0.6 is 0 Å². The standard InChI is InChI=1S/C18H20N4O2/c23-18(19-16-11-5-2-6-12-16)20-17-14-22(21-24-17)13-7-10-15-8-3-1-4-9-15/h1-6,8-9,11-12,21H,7,10,13-14H2,(H,19,23). The van der Waals surface area contributed by atoms with E-state index in [1.807, 2.05) is 53.5 Å². The second-order valence-corrected chi connectivity index (χ2v) is 5.51. The SMILES string of the molecule is O=C(N=C1CN(CCCc2ccccc2)NO1)Nc1ccccc1. The van der Waals surface area contributed by atoms with Gasteiger partial charge in [-0.05, 0) is 30.5 Å². The molecular formula is C18H20N4O2. The summed E-state index contributed by atoms with van der Waals surface area (Å²) < 4.78 is 0. The first kappa shape index (κ1) is 16.2. The van der Waals surface area contributed by atoms with Gasteiger partial charge in [-0.1, -0.05) is 54.1 Å². The van der Waals surface area contributed by atoms with Gasteiger partial charge >= 0.3 is 6.03 Å². The van der Waals surface area contributed by atoms with Crippen molar-refractivity contribution in [3.8, 4) is 0 Å². The third-order valence-electron chi connectivity index (χ3n) is 3.61. The van der Waals surface area contributed by atoms with Crippen molar-refractivity contribution < 1.29 is 9.63 Å². The van der Waals surface area contributed by atoms with Crippen molar-refractivity contribution in [1.82, 2.24) is 10.6 Å². The molecule has 1 fully saturated rings. The second kappa shape index (κ2) is 8.24. The smallest absolute Gasteiger partial charge is 0.348 e. The molecule has 0 bridgehead atoms. The predicted molar refractivity (Wildman–Crippen MR) is 93.5 cm³/mol. The van der Waals surface area contributed by atoms with Crippen LogP contribution in [0.15, 0.2) is 65.7 Å². The van der Waals surface area contributed by atoms with E-state index < -0.39 is 6.03 Å². The zero-order valence-corrected chi connectivity index (χ0v) is 13.3. The summed E-state index contributed by atoms with van der Waals surface area (Å²) in [4.78, 5) is 21.0. The number of hydrazine groups is 1. The number of aliphatic imine (C=N–C) groups is 1. The van der Waals surface area contributed by atoms with E-state index in [9.17, 15) is 4.79 Å². The highest BCUT2D eigenvalue weighted by Crippen LogP contribution is 2.07. The van der Waals surface area contributed by atoms with Crippen LogP contribution in [-0.4, -0.2) is 30.0 Å². The summed E-state index contributed by atoms with van der Waals surface area (Å²) in [6.07, 6.45) is 1.99. The molecule has 124 valence electrons. The Bertz CT molecular complexity index is 689. The van der Waals surface area contributed by atoms with Crippen LogP contribution in [0, 0.1) is 0 Å². The lowest BCUT2D eigenvalue weighted by atomic mass is 10.1. The Morgan fingerprint density at radius 2 is 1.83 bits per heavy atom. The van der Waals surface area contributed by atoms with Gasteiger partial charge in [-0.25, -0.2) is 9.80 Å². The molecule has 2 N–H and O–H groups in total. The number of para-hydroxylation sites is 1. The molecule has 3 rings (SSSR count). The first-order valence-corrected chi connectivity index (χ1v) is 7.94. The number of nitrogens with one attached hydrogen (secondary N) is 2. The molecule has 0 atom stereocenters. The molecule has 2 aromatic rings. The van der Waals surface area contributed by atoms with E-state index in [0.29, 0.717) is 18.1 Å². The van der Waals surface area contributed by atoms with Crippen molar-refractivity contribution in [2.24, 2.45) is 4.99 Å². The maximum Gasteiger partial charge on any atom is 0.348 e. The van der Waals surface area contributed by atoms with Gasteiger partial charge in [0.25, 0.3) is 0 Å². The van der Waals surface area contributed by atoms with E-state index in [1.54, 1.807) is 0 Å². The molecule has 0 radical (unpaired) electrons. The summed E-state index contributed by atoms with van der Waals surface area (Å²) in [5, 5.41) is 4.60. The van der Waals surface area contributed by atoms with Crippen molar-refractivity contribution in [3.63, 3.8) is 0 Å². The number of anilines is 1. The number of carbonyl (C=O) groups is 1. The minimum atomic E-state index is -0.441. The first-order valence-electron chi connectivity index (χ1n) is 7.94. The molecule has 24 heavy (non-hydrogen) atoms. The van der Waals surface area contributed by atoms with Crippen LogP contribution in [0.25, 0.3) is 0 Å². The highest BCUT2D eigenvalue weighted by Gasteiger charge is 2.20. The normalized spacial score (nSPS) is 16.1. The van der Waals surface area contributed by atoms with Gasteiger partial charge in [0.05, 0.1) is 6.54 Å². The minimum Gasteiger partial charge on any atom is -0.376 e. The molecule has 6 nitrogen and oxygen atoms in total. The van der Waals surface area contributed by atoms with Gasteiger partial charge in [-0.2, -0.15) is 4.99 Å². The van der Waals surface area contributed by atoms with E-state index in [0.717, 1.165) is 19.4 Å².